The number of hydrogen-bond acceptors (Lipinski definition) is 4. The lowest BCUT2D eigenvalue weighted by molar-refractivity contribution is -0.130. The van der Waals surface area contributed by atoms with Crippen molar-refractivity contribution in [3.63, 3.8) is 0 Å². The molecule has 0 saturated heterocycles. The zero-order valence-corrected chi connectivity index (χ0v) is 12.7. The van der Waals surface area contributed by atoms with Crippen molar-refractivity contribution in [1.29, 1.82) is 5.26 Å². The normalized spacial score (nSPS) is 16.7. The van der Waals surface area contributed by atoms with E-state index in [0.717, 1.165) is 21.9 Å². The first-order valence-corrected chi connectivity index (χ1v) is 7.01. The molecule has 0 radical (unpaired) electrons. The fraction of sp³-hybridized carbons (Fsp3) is 0.235. The summed E-state index contributed by atoms with van der Waals surface area (Å²) in [5, 5.41) is 17.3. The van der Waals surface area contributed by atoms with Crippen molar-refractivity contribution in [2.24, 2.45) is 5.10 Å². The molecule has 0 bridgehead atoms. The number of benzene rings is 2. The highest BCUT2D eigenvalue weighted by Crippen LogP contribution is 2.33. The van der Waals surface area contributed by atoms with Crippen LogP contribution in [0.3, 0.4) is 0 Å². The zero-order valence-electron chi connectivity index (χ0n) is 12.7. The lowest BCUT2D eigenvalue weighted by atomic mass is 9.94. The second-order valence-electron chi connectivity index (χ2n) is 5.50. The quantitative estimate of drug-likeness (QED) is 0.749. The summed E-state index contributed by atoms with van der Waals surface area (Å²) in [4.78, 5) is 13.7. The Kier molecular flexibility index (Phi) is 3.30. The number of carbonyl (C=O) groups excluding carboxylic acids is 1. The van der Waals surface area contributed by atoms with Crippen molar-refractivity contribution < 1.29 is 4.79 Å². The van der Waals surface area contributed by atoms with Crippen LogP contribution >= 0.6 is 0 Å². The van der Waals surface area contributed by atoms with E-state index in [-0.39, 0.29) is 5.91 Å². The average molecular weight is 292 g/mol. The monoisotopic (exact) mass is 292 g/mol. The van der Waals surface area contributed by atoms with Crippen LogP contribution in [-0.2, 0) is 4.79 Å². The fourth-order valence-corrected chi connectivity index (χ4v) is 2.73. The first-order valence-electron chi connectivity index (χ1n) is 7.01. The van der Waals surface area contributed by atoms with Gasteiger partial charge in [-0.2, -0.15) is 10.4 Å². The third-order valence-electron chi connectivity index (χ3n) is 3.77. The molecule has 0 aliphatic carbocycles. The third kappa shape index (κ3) is 2.09. The molecular formula is C17H16N4O. The lowest BCUT2D eigenvalue weighted by Crippen LogP contribution is -2.38. The molecule has 1 aliphatic heterocycles. The fourth-order valence-electron chi connectivity index (χ4n) is 2.73. The first kappa shape index (κ1) is 14.1. The van der Waals surface area contributed by atoms with E-state index in [1.807, 2.05) is 55.4 Å². The first-order chi connectivity index (χ1) is 10.5. The smallest absolute Gasteiger partial charge is 0.241 e. The maximum atomic E-state index is 11.9. The number of amides is 1. The minimum Gasteiger partial charge on any atom is -0.361 e. The van der Waals surface area contributed by atoms with E-state index >= 15 is 0 Å². The van der Waals surface area contributed by atoms with Crippen molar-refractivity contribution in [3.8, 4) is 6.07 Å². The highest BCUT2D eigenvalue weighted by molar-refractivity contribution is 6.05. The molecule has 1 heterocycles. The Balaban J connectivity index is 2.32. The molecule has 1 unspecified atom stereocenters. The molecule has 0 N–H and O–H groups in total. The number of carbonyl (C=O) groups is 1. The molecule has 5 heteroatoms. The molecule has 2 aromatic carbocycles. The maximum Gasteiger partial charge on any atom is 0.241 e. The van der Waals surface area contributed by atoms with Gasteiger partial charge in [0.1, 0.15) is 0 Å². The number of fused-ring (bicyclic) bond motifs is 2. The zero-order chi connectivity index (χ0) is 15.9. The minimum absolute atomic E-state index is 0.246. The van der Waals surface area contributed by atoms with Gasteiger partial charge in [0.05, 0.1) is 6.07 Å². The Hall–Kier alpha value is -2.87. The van der Waals surface area contributed by atoms with Crippen LogP contribution in [-0.4, -0.2) is 35.7 Å². The SMILES string of the molecule is CC(=O)N1N=C(N(C)C)c2cc3ccccc3cc2C1C#N. The largest absolute Gasteiger partial charge is 0.361 e. The van der Waals surface area contributed by atoms with Crippen LogP contribution < -0.4 is 0 Å². The molecule has 0 fully saturated rings. The van der Waals surface area contributed by atoms with Gasteiger partial charge in [-0.25, -0.2) is 5.01 Å². The molecule has 3 rings (SSSR count). The van der Waals surface area contributed by atoms with Crippen molar-refractivity contribution in [1.82, 2.24) is 9.91 Å². The van der Waals surface area contributed by atoms with Gasteiger partial charge in [-0.15, -0.1) is 0 Å². The second kappa shape index (κ2) is 5.15. The Bertz CT molecular complexity index is 832. The lowest BCUT2D eigenvalue weighted by Gasteiger charge is -2.32. The topological polar surface area (TPSA) is 59.7 Å². The Labute approximate surface area is 129 Å². The number of rotatable bonds is 0. The van der Waals surface area contributed by atoms with Gasteiger partial charge in [-0.3, -0.25) is 4.79 Å². The highest BCUT2D eigenvalue weighted by atomic mass is 16.2. The predicted molar refractivity (Wildman–Crippen MR) is 85.0 cm³/mol. The third-order valence-corrected chi connectivity index (χ3v) is 3.77. The van der Waals surface area contributed by atoms with Crippen LogP contribution in [0, 0.1) is 11.3 Å². The molecule has 1 amide bonds. The average Bonchev–Trinajstić information content (AvgIpc) is 2.50. The van der Waals surface area contributed by atoms with Crippen molar-refractivity contribution in [3.05, 3.63) is 47.5 Å². The summed E-state index contributed by atoms with van der Waals surface area (Å²) in [5.41, 5.74) is 1.71. The predicted octanol–water partition coefficient (Wildman–Crippen LogP) is 2.49. The van der Waals surface area contributed by atoms with Crippen molar-refractivity contribution in [2.45, 2.75) is 13.0 Å². The maximum absolute atomic E-state index is 11.9. The summed E-state index contributed by atoms with van der Waals surface area (Å²) in [7, 11) is 3.76. The van der Waals surface area contributed by atoms with E-state index in [1.165, 1.54) is 11.9 Å². The molecule has 0 saturated carbocycles. The summed E-state index contributed by atoms with van der Waals surface area (Å²) >= 11 is 0. The van der Waals surface area contributed by atoms with Crippen LogP contribution in [0.5, 0.6) is 0 Å². The molecule has 1 aliphatic rings. The highest BCUT2D eigenvalue weighted by Gasteiger charge is 2.32. The van der Waals surface area contributed by atoms with Gasteiger partial charge in [0.25, 0.3) is 0 Å². The van der Waals surface area contributed by atoms with Gasteiger partial charge in [0.15, 0.2) is 11.9 Å². The van der Waals surface area contributed by atoms with E-state index in [4.69, 9.17) is 0 Å². The van der Waals surface area contributed by atoms with Gasteiger partial charge in [0.2, 0.25) is 5.91 Å². The van der Waals surface area contributed by atoms with Gasteiger partial charge in [-0.05, 0) is 22.9 Å². The van der Waals surface area contributed by atoms with E-state index < -0.39 is 6.04 Å². The Morgan fingerprint density at radius 2 is 1.91 bits per heavy atom. The van der Waals surface area contributed by atoms with Gasteiger partial charge in [0, 0.05) is 32.1 Å². The van der Waals surface area contributed by atoms with Crippen LogP contribution in [0.25, 0.3) is 10.8 Å². The van der Waals surface area contributed by atoms with E-state index in [9.17, 15) is 10.1 Å². The number of nitrogens with zero attached hydrogens (tertiary/aromatic N) is 4. The Morgan fingerprint density at radius 1 is 1.27 bits per heavy atom. The van der Waals surface area contributed by atoms with E-state index in [2.05, 4.69) is 11.2 Å². The van der Waals surface area contributed by atoms with E-state index in [0.29, 0.717) is 5.84 Å². The van der Waals surface area contributed by atoms with Crippen molar-refractivity contribution >= 4 is 22.5 Å². The molecule has 110 valence electrons. The van der Waals surface area contributed by atoms with Gasteiger partial charge in [-0.1, -0.05) is 24.3 Å². The van der Waals surface area contributed by atoms with E-state index in [1.54, 1.807) is 0 Å². The molecular weight excluding hydrogens is 276 g/mol. The number of amidine groups is 1. The molecule has 0 aromatic heterocycles. The number of hydrogen-bond donors (Lipinski definition) is 0. The number of hydrazone groups is 1. The molecule has 0 spiro atoms. The number of nitriles is 1. The van der Waals surface area contributed by atoms with Gasteiger partial charge < -0.3 is 4.90 Å². The van der Waals surface area contributed by atoms with Crippen LogP contribution in [0.15, 0.2) is 41.5 Å². The van der Waals surface area contributed by atoms with Crippen LogP contribution in [0.2, 0.25) is 0 Å². The van der Waals surface area contributed by atoms with Crippen LogP contribution in [0.1, 0.15) is 24.1 Å². The summed E-state index contributed by atoms with van der Waals surface area (Å²) in [6, 6.07) is 13.5. The standard InChI is InChI=1S/C17H16N4O/c1-11(22)21-16(10-18)14-8-12-6-4-5-7-13(12)9-15(14)17(19-21)20(2)3/h4-9,16H,1-3H3. The van der Waals surface area contributed by atoms with Gasteiger partial charge >= 0.3 is 0 Å². The molecule has 5 nitrogen and oxygen atoms in total. The second-order valence-corrected chi connectivity index (χ2v) is 5.50. The van der Waals surface area contributed by atoms with Crippen molar-refractivity contribution in [2.75, 3.05) is 14.1 Å². The molecule has 2 aromatic rings. The summed E-state index contributed by atoms with van der Waals surface area (Å²) < 4.78 is 0. The summed E-state index contributed by atoms with van der Waals surface area (Å²) in [5.74, 6) is 0.437. The summed E-state index contributed by atoms with van der Waals surface area (Å²) in [6.07, 6.45) is 0. The molecule has 22 heavy (non-hydrogen) atoms. The summed E-state index contributed by atoms with van der Waals surface area (Å²) in [6.45, 7) is 1.42. The molecule has 1 atom stereocenters. The minimum atomic E-state index is -0.694. The van der Waals surface area contributed by atoms with Crippen LogP contribution in [0.4, 0.5) is 0 Å². The Morgan fingerprint density at radius 3 is 2.45 bits per heavy atom.